The first-order valence-corrected chi connectivity index (χ1v) is 7.79. The summed E-state index contributed by atoms with van der Waals surface area (Å²) in [6.07, 6.45) is -0.260. The Hall–Kier alpha value is -2.24. The number of nitrogens with one attached hydrogen (secondary N) is 2. The van der Waals surface area contributed by atoms with Crippen LogP contribution in [0.3, 0.4) is 0 Å². The molecule has 6 nitrogen and oxygen atoms in total. The molecule has 23 heavy (non-hydrogen) atoms. The van der Waals surface area contributed by atoms with Gasteiger partial charge in [-0.25, -0.2) is 4.79 Å². The number of hydrogen-bond donors (Lipinski definition) is 2. The zero-order valence-corrected chi connectivity index (χ0v) is 14.6. The number of guanidine groups is 1. The van der Waals surface area contributed by atoms with Gasteiger partial charge in [0.25, 0.3) is 0 Å². The molecule has 0 bridgehead atoms. The highest BCUT2D eigenvalue weighted by Gasteiger charge is 2.27. The van der Waals surface area contributed by atoms with Gasteiger partial charge in [0, 0.05) is 33.7 Å². The van der Waals surface area contributed by atoms with Gasteiger partial charge in [0.1, 0.15) is 5.60 Å². The van der Waals surface area contributed by atoms with Gasteiger partial charge in [0.05, 0.1) is 0 Å². The van der Waals surface area contributed by atoms with Crippen LogP contribution in [0.4, 0.5) is 4.79 Å². The zero-order chi connectivity index (χ0) is 17.0. The van der Waals surface area contributed by atoms with E-state index >= 15 is 0 Å². The van der Waals surface area contributed by atoms with Crippen LogP contribution in [0.25, 0.3) is 0 Å². The highest BCUT2D eigenvalue weighted by molar-refractivity contribution is 5.79. The molecular weight excluding hydrogens is 292 g/mol. The van der Waals surface area contributed by atoms with Crippen molar-refractivity contribution in [3.63, 3.8) is 0 Å². The van der Waals surface area contributed by atoms with E-state index in [0.29, 0.717) is 19.6 Å². The summed E-state index contributed by atoms with van der Waals surface area (Å²) in [5.41, 5.74) is 3.04. The molecule has 126 valence electrons. The third-order valence-corrected chi connectivity index (χ3v) is 3.57. The number of ether oxygens (including phenoxy) is 1. The summed E-state index contributed by atoms with van der Waals surface area (Å²) >= 11 is 0. The summed E-state index contributed by atoms with van der Waals surface area (Å²) in [7, 11) is 3.57. The molecule has 0 aromatic heterocycles. The van der Waals surface area contributed by atoms with E-state index in [0.717, 1.165) is 11.5 Å². The lowest BCUT2D eigenvalue weighted by Crippen LogP contribution is -2.34. The van der Waals surface area contributed by atoms with Gasteiger partial charge in [-0.3, -0.25) is 9.89 Å². The van der Waals surface area contributed by atoms with E-state index in [1.807, 2.05) is 27.8 Å². The number of benzene rings is 1. The van der Waals surface area contributed by atoms with Crippen LogP contribution in [0, 0.1) is 0 Å². The minimum Gasteiger partial charge on any atom is -0.444 e. The van der Waals surface area contributed by atoms with Crippen molar-refractivity contribution in [3.8, 4) is 0 Å². The van der Waals surface area contributed by atoms with Crippen molar-refractivity contribution >= 4 is 12.1 Å². The molecule has 1 amide bonds. The Balaban J connectivity index is 1.99. The number of fused-ring (bicyclic) bond motifs is 1. The fourth-order valence-corrected chi connectivity index (χ4v) is 2.48. The quantitative estimate of drug-likeness (QED) is 0.648. The molecule has 0 saturated heterocycles. The van der Waals surface area contributed by atoms with Crippen molar-refractivity contribution in [2.24, 2.45) is 4.99 Å². The molecule has 0 aliphatic carbocycles. The first-order chi connectivity index (χ1) is 10.8. The normalized spacial score (nSPS) is 14.5. The van der Waals surface area contributed by atoms with Crippen LogP contribution in [-0.4, -0.2) is 36.6 Å². The molecule has 1 aliphatic heterocycles. The number of carbonyl (C=O) groups is 1. The third kappa shape index (κ3) is 4.61. The van der Waals surface area contributed by atoms with Crippen LogP contribution < -0.4 is 10.6 Å². The lowest BCUT2D eigenvalue weighted by atomic mass is 10.1. The average Bonchev–Trinajstić information content (AvgIpc) is 2.90. The molecule has 0 fully saturated rings. The smallest absolute Gasteiger partial charge is 0.410 e. The van der Waals surface area contributed by atoms with Gasteiger partial charge in [0.2, 0.25) is 0 Å². The highest BCUT2D eigenvalue weighted by Crippen LogP contribution is 2.25. The van der Waals surface area contributed by atoms with E-state index in [4.69, 9.17) is 4.74 Å². The van der Waals surface area contributed by atoms with E-state index in [2.05, 4.69) is 33.8 Å². The standard InChI is InChI=1S/C17H26N4O2/c1-17(2,3)23-16(22)21-10-13-7-6-12(8-14(13)11-21)9-20-15(18-4)19-5/h6-8H,9-11H2,1-5H3,(H2,18,19,20). The predicted octanol–water partition coefficient (Wildman–Crippen LogP) is 2.23. The first kappa shape index (κ1) is 17.1. The van der Waals surface area contributed by atoms with Crippen molar-refractivity contribution in [3.05, 3.63) is 34.9 Å². The van der Waals surface area contributed by atoms with Crippen LogP contribution >= 0.6 is 0 Å². The van der Waals surface area contributed by atoms with Gasteiger partial charge in [-0.2, -0.15) is 0 Å². The van der Waals surface area contributed by atoms with Gasteiger partial charge in [0.15, 0.2) is 5.96 Å². The van der Waals surface area contributed by atoms with Crippen molar-refractivity contribution in [2.75, 3.05) is 14.1 Å². The second kappa shape index (κ2) is 6.89. The SMILES string of the molecule is CN=C(NC)NCc1ccc2c(c1)CN(C(=O)OC(C)(C)C)C2. The molecule has 1 heterocycles. The zero-order valence-electron chi connectivity index (χ0n) is 14.6. The van der Waals surface area contributed by atoms with E-state index in [9.17, 15) is 4.79 Å². The van der Waals surface area contributed by atoms with E-state index in [1.165, 1.54) is 11.1 Å². The fraction of sp³-hybridized carbons (Fsp3) is 0.529. The first-order valence-electron chi connectivity index (χ1n) is 7.79. The van der Waals surface area contributed by atoms with Crippen molar-refractivity contribution < 1.29 is 9.53 Å². The third-order valence-electron chi connectivity index (χ3n) is 3.57. The molecule has 1 aromatic carbocycles. The molecule has 2 N–H and O–H groups in total. The summed E-state index contributed by atoms with van der Waals surface area (Å²) in [4.78, 5) is 18.0. The number of hydrogen-bond acceptors (Lipinski definition) is 3. The predicted molar refractivity (Wildman–Crippen MR) is 91.2 cm³/mol. The largest absolute Gasteiger partial charge is 0.444 e. The number of carbonyl (C=O) groups excluding carboxylic acids is 1. The van der Waals surface area contributed by atoms with E-state index < -0.39 is 5.60 Å². The topological polar surface area (TPSA) is 66.0 Å². The highest BCUT2D eigenvalue weighted by atomic mass is 16.6. The maximum atomic E-state index is 12.2. The fourth-order valence-electron chi connectivity index (χ4n) is 2.48. The minimum atomic E-state index is -0.468. The monoisotopic (exact) mass is 318 g/mol. The van der Waals surface area contributed by atoms with Crippen molar-refractivity contribution in [1.82, 2.24) is 15.5 Å². The second-order valence-corrected chi connectivity index (χ2v) is 6.62. The van der Waals surface area contributed by atoms with Gasteiger partial charge >= 0.3 is 6.09 Å². The summed E-state index contributed by atoms with van der Waals surface area (Å²) < 4.78 is 5.44. The Morgan fingerprint density at radius 1 is 1.30 bits per heavy atom. The molecule has 1 aromatic rings. The second-order valence-electron chi connectivity index (χ2n) is 6.62. The molecule has 0 atom stereocenters. The van der Waals surface area contributed by atoms with Crippen LogP contribution in [-0.2, 0) is 24.4 Å². The van der Waals surface area contributed by atoms with Crippen LogP contribution in [0.1, 0.15) is 37.5 Å². The van der Waals surface area contributed by atoms with Crippen LogP contribution in [0.15, 0.2) is 23.2 Å². The average molecular weight is 318 g/mol. The van der Waals surface area contributed by atoms with Gasteiger partial charge in [-0.1, -0.05) is 18.2 Å². The Labute approximate surface area is 137 Å². The van der Waals surface area contributed by atoms with E-state index in [-0.39, 0.29) is 6.09 Å². The molecular formula is C17H26N4O2. The molecule has 0 unspecified atom stereocenters. The van der Waals surface area contributed by atoms with Crippen LogP contribution in [0.5, 0.6) is 0 Å². The molecule has 2 rings (SSSR count). The maximum Gasteiger partial charge on any atom is 0.410 e. The summed E-state index contributed by atoms with van der Waals surface area (Å²) in [6.45, 7) is 7.54. The van der Waals surface area contributed by atoms with Gasteiger partial charge < -0.3 is 15.4 Å². The van der Waals surface area contributed by atoms with Crippen LogP contribution in [0.2, 0.25) is 0 Å². The number of nitrogens with zero attached hydrogens (tertiary/aromatic N) is 2. The summed E-state index contributed by atoms with van der Waals surface area (Å²) in [5, 5.41) is 6.21. The van der Waals surface area contributed by atoms with Gasteiger partial charge in [-0.15, -0.1) is 0 Å². The summed E-state index contributed by atoms with van der Waals surface area (Å²) in [6, 6.07) is 6.29. The maximum absolute atomic E-state index is 12.2. The Bertz CT molecular complexity index is 605. The minimum absolute atomic E-state index is 0.260. The van der Waals surface area contributed by atoms with Crippen molar-refractivity contribution in [1.29, 1.82) is 0 Å². The molecule has 1 aliphatic rings. The molecule has 0 saturated carbocycles. The molecule has 0 radical (unpaired) electrons. The number of amides is 1. The summed E-state index contributed by atoms with van der Waals surface area (Å²) in [5.74, 6) is 0.751. The van der Waals surface area contributed by atoms with Crippen molar-refractivity contribution in [2.45, 2.75) is 46.0 Å². The molecule has 0 spiro atoms. The Kier molecular flexibility index (Phi) is 5.13. The number of rotatable bonds is 2. The number of aliphatic imine (C=N–C) groups is 1. The lowest BCUT2D eigenvalue weighted by Gasteiger charge is -2.24. The molecule has 6 heteroatoms. The lowest BCUT2D eigenvalue weighted by molar-refractivity contribution is 0.0242. The van der Waals surface area contributed by atoms with E-state index in [1.54, 1.807) is 11.9 Å². The van der Waals surface area contributed by atoms with Gasteiger partial charge in [-0.05, 0) is 37.5 Å². The Morgan fingerprint density at radius 3 is 2.61 bits per heavy atom. The Morgan fingerprint density at radius 2 is 2.00 bits per heavy atom.